The summed E-state index contributed by atoms with van der Waals surface area (Å²) in [6, 6.07) is 6.24. The maximum Gasteiger partial charge on any atom is 0.138 e. The van der Waals surface area contributed by atoms with Gasteiger partial charge in [-0.1, -0.05) is 17.7 Å². The Morgan fingerprint density at radius 3 is 2.60 bits per heavy atom. The Morgan fingerprint density at radius 1 is 1.47 bits per heavy atom. The molecular weight excluding hydrogens is 210 g/mol. The van der Waals surface area contributed by atoms with Crippen molar-refractivity contribution in [3.05, 3.63) is 28.3 Å². The highest BCUT2D eigenvalue weighted by molar-refractivity contribution is 6.32. The summed E-state index contributed by atoms with van der Waals surface area (Å²) in [5.74, 6) is 0.660. The third kappa shape index (κ3) is 1.57. The van der Waals surface area contributed by atoms with Crippen molar-refractivity contribution in [1.82, 2.24) is 0 Å². The Hall–Kier alpha value is -1.20. The molecule has 0 radical (unpaired) electrons. The molecule has 1 aliphatic rings. The number of hydrogen-bond donors (Lipinski definition) is 0. The number of benzene rings is 1. The van der Waals surface area contributed by atoms with Crippen molar-refractivity contribution < 1.29 is 4.74 Å². The van der Waals surface area contributed by atoms with Gasteiger partial charge in [-0.15, -0.1) is 0 Å². The summed E-state index contributed by atoms with van der Waals surface area (Å²) >= 11 is 6.07. The van der Waals surface area contributed by atoms with Crippen LogP contribution in [0, 0.1) is 18.3 Å². The first kappa shape index (κ1) is 10.3. The Kier molecular flexibility index (Phi) is 2.36. The average Bonchev–Trinajstić information content (AvgIpc) is 3.02. The molecule has 0 amide bonds. The minimum atomic E-state index is -0.275. The van der Waals surface area contributed by atoms with Crippen molar-refractivity contribution >= 4 is 11.6 Å². The highest BCUT2D eigenvalue weighted by Crippen LogP contribution is 2.49. The Bertz CT molecular complexity index is 444. The molecule has 15 heavy (non-hydrogen) atoms. The third-order valence-corrected chi connectivity index (χ3v) is 3.44. The lowest BCUT2D eigenvalue weighted by Gasteiger charge is -2.12. The Morgan fingerprint density at radius 2 is 2.13 bits per heavy atom. The standard InChI is InChI=1S/C12H12ClNO/c1-8-5-9(12(7-14)3-4-12)6-10(15-2)11(8)13/h5-6H,3-4H2,1-2H3. The van der Waals surface area contributed by atoms with E-state index in [1.807, 2.05) is 19.1 Å². The smallest absolute Gasteiger partial charge is 0.138 e. The highest BCUT2D eigenvalue weighted by atomic mass is 35.5. The molecular formula is C12H12ClNO. The van der Waals surface area contributed by atoms with Gasteiger partial charge in [-0.05, 0) is 37.0 Å². The molecule has 0 N–H and O–H groups in total. The molecule has 0 bridgehead atoms. The molecule has 1 aromatic rings. The van der Waals surface area contributed by atoms with E-state index in [2.05, 4.69) is 6.07 Å². The Labute approximate surface area is 94.4 Å². The van der Waals surface area contributed by atoms with Gasteiger partial charge in [0.1, 0.15) is 5.75 Å². The number of hydrogen-bond acceptors (Lipinski definition) is 2. The lowest BCUT2D eigenvalue weighted by molar-refractivity contribution is 0.414. The van der Waals surface area contributed by atoms with Crippen LogP contribution in [0.3, 0.4) is 0 Å². The fraction of sp³-hybridized carbons (Fsp3) is 0.417. The van der Waals surface area contributed by atoms with Gasteiger partial charge in [0.25, 0.3) is 0 Å². The van der Waals surface area contributed by atoms with Crippen LogP contribution in [0.5, 0.6) is 5.75 Å². The summed E-state index contributed by atoms with van der Waals surface area (Å²) in [6.45, 7) is 1.93. The SMILES string of the molecule is COc1cc(C2(C#N)CC2)cc(C)c1Cl. The van der Waals surface area contributed by atoms with E-state index >= 15 is 0 Å². The van der Waals surface area contributed by atoms with Crippen LogP contribution in [0.4, 0.5) is 0 Å². The molecule has 0 aliphatic heterocycles. The first-order valence-electron chi connectivity index (χ1n) is 4.89. The van der Waals surface area contributed by atoms with E-state index in [1.165, 1.54) is 0 Å². The first-order valence-corrected chi connectivity index (χ1v) is 5.26. The fourth-order valence-electron chi connectivity index (χ4n) is 1.75. The van der Waals surface area contributed by atoms with Crippen LogP contribution in [0.2, 0.25) is 5.02 Å². The second-order valence-corrected chi connectivity index (χ2v) is 4.38. The summed E-state index contributed by atoms with van der Waals surface area (Å²) in [6.07, 6.45) is 1.88. The largest absolute Gasteiger partial charge is 0.495 e. The molecule has 0 atom stereocenters. The lowest BCUT2D eigenvalue weighted by atomic mass is 9.96. The van der Waals surface area contributed by atoms with Crippen LogP contribution in [0.15, 0.2) is 12.1 Å². The first-order chi connectivity index (χ1) is 7.13. The number of nitriles is 1. The summed E-state index contributed by atoms with van der Waals surface area (Å²) in [5.41, 5.74) is 1.72. The Balaban J connectivity index is 2.52. The van der Waals surface area contributed by atoms with Crippen LogP contribution in [0.1, 0.15) is 24.0 Å². The molecule has 3 heteroatoms. The van der Waals surface area contributed by atoms with Crippen LogP contribution >= 0.6 is 11.6 Å². The quantitative estimate of drug-likeness (QED) is 0.768. The van der Waals surface area contributed by atoms with Gasteiger partial charge >= 0.3 is 0 Å². The van der Waals surface area contributed by atoms with Crippen molar-refractivity contribution in [1.29, 1.82) is 5.26 Å². The van der Waals surface area contributed by atoms with E-state index < -0.39 is 0 Å². The monoisotopic (exact) mass is 221 g/mol. The number of methoxy groups -OCH3 is 1. The summed E-state index contributed by atoms with van der Waals surface area (Å²) < 4.78 is 5.19. The van der Waals surface area contributed by atoms with Gasteiger partial charge in [0.2, 0.25) is 0 Å². The van der Waals surface area contributed by atoms with Gasteiger partial charge < -0.3 is 4.74 Å². The normalized spacial score (nSPS) is 16.9. The van der Waals surface area contributed by atoms with Gasteiger partial charge in [0.15, 0.2) is 0 Å². The molecule has 1 fully saturated rings. The van der Waals surface area contributed by atoms with E-state index in [-0.39, 0.29) is 5.41 Å². The fourth-order valence-corrected chi connectivity index (χ4v) is 1.94. The van der Waals surface area contributed by atoms with Crippen molar-refractivity contribution in [2.45, 2.75) is 25.2 Å². The van der Waals surface area contributed by atoms with Gasteiger partial charge in [0, 0.05) is 0 Å². The molecule has 1 aromatic carbocycles. The van der Waals surface area contributed by atoms with Crippen LogP contribution < -0.4 is 4.74 Å². The van der Waals surface area contributed by atoms with Gasteiger partial charge in [-0.25, -0.2) is 0 Å². The number of nitrogens with zero attached hydrogens (tertiary/aromatic N) is 1. The van der Waals surface area contributed by atoms with Gasteiger partial charge in [0.05, 0.1) is 23.6 Å². The zero-order chi connectivity index (χ0) is 11.1. The molecule has 0 heterocycles. The van der Waals surface area contributed by atoms with Crippen molar-refractivity contribution in [3.8, 4) is 11.8 Å². The molecule has 1 saturated carbocycles. The molecule has 1 aliphatic carbocycles. The van der Waals surface area contributed by atoms with Gasteiger partial charge in [-0.2, -0.15) is 5.26 Å². The molecule has 78 valence electrons. The second-order valence-electron chi connectivity index (χ2n) is 4.00. The second kappa shape index (κ2) is 3.43. The minimum Gasteiger partial charge on any atom is -0.495 e. The molecule has 2 rings (SSSR count). The molecule has 0 spiro atoms. The zero-order valence-electron chi connectivity index (χ0n) is 8.80. The molecule has 0 unspecified atom stereocenters. The summed E-state index contributed by atoms with van der Waals surface area (Å²) in [7, 11) is 1.59. The third-order valence-electron chi connectivity index (χ3n) is 2.96. The summed E-state index contributed by atoms with van der Waals surface area (Å²) in [5, 5.41) is 9.74. The van der Waals surface area contributed by atoms with Crippen LogP contribution in [-0.4, -0.2) is 7.11 Å². The average molecular weight is 222 g/mol. The summed E-state index contributed by atoms with van der Waals surface area (Å²) in [4.78, 5) is 0. The number of ether oxygens (including phenoxy) is 1. The topological polar surface area (TPSA) is 33.0 Å². The predicted octanol–water partition coefficient (Wildman–Crippen LogP) is 3.21. The van der Waals surface area contributed by atoms with E-state index in [4.69, 9.17) is 21.6 Å². The minimum absolute atomic E-state index is 0.275. The van der Waals surface area contributed by atoms with E-state index in [1.54, 1.807) is 7.11 Å². The number of rotatable bonds is 2. The van der Waals surface area contributed by atoms with Crippen LogP contribution in [0.25, 0.3) is 0 Å². The lowest BCUT2D eigenvalue weighted by Crippen LogP contribution is -2.03. The van der Waals surface area contributed by atoms with E-state index in [0.29, 0.717) is 10.8 Å². The maximum atomic E-state index is 9.11. The van der Waals surface area contributed by atoms with Crippen molar-refractivity contribution in [2.75, 3.05) is 7.11 Å². The van der Waals surface area contributed by atoms with Gasteiger partial charge in [-0.3, -0.25) is 0 Å². The van der Waals surface area contributed by atoms with Crippen molar-refractivity contribution in [3.63, 3.8) is 0 Å². The number of halogens is 1. The van der Waals surface area contributed by atoms with E-state index in [9.17, 15) is 0 Å². The van der Waals surface area contributed by atoms with Crippen molar-refractivity contribution in [2.24, 2.45) is 0 Å². The van der Waals surface area contributed by atoms with E-state index in [0.717, 1.165) is 24.0 Å². The maximum absolute atomic E-state index is 9.11. The highest BCUT2D eigenvalue weighted by Gasteiger charge is 2.45. The zero-order valence-corrected chi connectivity index (χ0v) is 9.56. The molecule has 0 aromatic heterocycles. The molecule has 2 nitrogen and oxygen atoms in total. The molecule has 0 saturated heterocycles. The predicted molar refractivity (Wildman–Crippen MR) is 59.3 cm³/mol. The number of aryl methyl sites for hydroxylation is 1. The van der Waals surface area contributed by atoms with Crippen LogP contribution in [-0.2, 0) is 5.41 Å².